The maximum absolute atomic E-state index is 12.7. The second kappa shape index (κ2) is 11.9. The van der Waals surface area contributed by atoms with E-state index in [4.69, 9.17) is 31.3 Å². The Labute approximate surface area is 236 Å². The molecule has 0 radical (unpaired) electrons. The van der Waals surface area contributed by atoms with Gasteiger partial charge in [-0.15, -0.1) is 0 Å². The largest absolute Gasteiger partial charge is 0.444 e. The molecule has 11 heteroatoms. The highest BCUT2D eigenvalue weighted by Gasteiger charge is 2.42. The first kappa shape index (κ1) is 30.0. The van der Waals surface area contributed by atoms with Crippen molar-refractivity contribution in [3.8, 4) is 0 Å². The number of ether oxygens (including phenoxy) is 2. The summed E-state index contributed by atoms with van der Waals surface area (Å²) < 4.78 is 14.2. The topological polar surface area (TPSA) is 113 Å². The Morgan fingerprint density at radius 2 is 1.82 bits per heavy atom. The van der Waals surface area contributed by atoms with Gasteiger partial charge in [-0.25, -0.2) is 14.8 Å². The van der Waals surface area contributed by atoms with Crippen LogP contribution in [0.5, 0.6) is 0 Å². The minimum Gasteiger partial charge on any atom is -0.444 e. The number of rotatable bonds is 3. The predicted octanol–water partition coefficient (Wildman–Crippen LogP) is 4.58. The van der Waals surface area contributed by atoms with Crippen LogP contribution in [0, 0.1) is 5.41 Å². The minimum absolute atomic E-state index is 0.0236. The summed E-state index contributed by atoms with van der Waals surface area (Å²) in [6.07, 6.45) is 10.0. The van der Waals surface area contributed by atoms with Crippen LogP contribution in [-0.2, 0) is 9.47 Å². The summed E-state index contributed by atoms with van der Waals surface area (Å²) in [4.78, 5) is 25.7. The summed E-state index contributed by atoms with van der Waals surface area (Å²) in [6, 6.07) is 1.96. The molecule has 2 N–H and O–H groups in total. The molecule has 10 nitrogen and oxygen atoms in total. The highest BCUT2D eigenvalue weighted by atomic mass is 35.5. The smallest absolute Gasteiger partial charge is 0.410 e. The predicted molar refractivity (Wildman–Crippen MR) is 149 cm³/mol. The molecule has 3 aliphatic heterocycles. The molecule has 3 fully saturated rings. The molecule has 0 bridgehead atoms. The van der Waals surface area contributed by atoms with Gasteiger partial charge in [0.2, 0.25) is 0 Å². The molecule has 0 aliphatic carbocycles. The second-order valence-corrected chi connectivity index (χ2v) is 13.1. The Morgan fingerprint density at radius 3 is 2.51 bits per heavy atom. The summed E-state index contributed by atoms with van der Waals surface area (Å²) in [5, 5.41) is 17.5. The lowest BCUT2D eigenvalue weighted by molar-refractivity contribution is -0.127. The van der Waals surface area contributed by atoms with Crippen LogP contribution in [-0.4, -0.2) is 90.9 Å². The number of hydrogen-bond donors (Lipinski definition) is 2. The van der Waals surface area contributed by atoms with E-state index in [2.05, 4.69) is 19.4 Å². The van der Waals surface area contributed by atoms with E-state index in [-0.39, 0.29) is 23.8 Å². The quantitative estimate of drug-likeness (QED) is 0.410. The third-order valence-electron chi connectivity index (χ3n) is 7.37. The fourth-order valence-corrected chi connectivity index (χ4v) is 6.17. The summed E-state index contributed by atoms with van der Waals surface area (Å²) in [7, 11) is 0. The van der Waals surface area contributed by atoms with Crippen molar-refractivity contribution in [3.63, 3.8) is 0 Å². The molecular formula is C28H44ClN5O5. The third kappa shape index (κ3) is 8.27. The summed E-state index contributed by atoms with van der Waals surface area (Å²) >= 11 is 6.22. The van der Waals surface area contributed by atoms with E-state index in [1.807, 2.05) is 37.9 Å². The molecule has 5 rings (SSSR count). The SMILES string of the molecule is CC(C)(C)OC(=O)N1CCCC2(CCCN(C[C@@H]3CC[C@H](n4ccc5c(Cl)ncnc54)O3)C2)C1.CC(C)(O)O. The van der Waals surface area contributed by atoms with E-state index >= 15 is 0 Å². The second-order valence-electron chi connectivity index (χ2n) is 12.8. The van der Waals surface area contributed by atoms with Crippen LogP contribution in [0.15, 0.2) is 18.6 Å². The minimum atomic E-state index is -1.50. The van der Waals surface area contributed by atoms with E-state index < -0.39 is 11.4 Å². The third-order valence-corrected chi connectivity index (χ3v) is 7.67. The van der Waals surface area contributed by atoms with Crippen molar-refractivity contribution in [1.82, 2.24) is 24.3 Å². The van der Waals surface area contributed by atoms with Gasteiger partial charge in [-0.2, -0.15) is 0 Å². The zero-order valence-corrected chi connectivity index (χ0v) is 24.7. The van der Waals surface area contributed by atoms with Gasteiger partial charge in [-0.05, 0) is 85.8 Å². The van der Waals surface area contributed by atoms with Crippen molar-refractivity contribution >= 4 is 28.7 Å². The zero-order chi connectivity index (χ0) is 28.4. The van der Waals surface area contributed by atoms with Crippen LogP contribution in [0.1, 0.15) is 79.4 Å². The van der Waals surface area contributed by atoms with E-state index in [1.54, 1.807) is 0 Å². The average Bonchev–Trinajstić information content (AvgIpc) is 3.44. The van der Waals surface area contributed by atoms with Gasteiger partial charge in [0.25, 0.3) is 0 Å². The normalized spacial score (nSPS) is 26.5. The number of aliphatic hydroxyl groups is 2. The molecule has 0 saturated carbocycles. The van der Waals surface area contributed by atoms with Gasteiger partial charge < -0.3 is 34.1 Å². The molecule has 2 aromatic heterocycles. The van der Waals surface area contributed by atoms with E-state index in [0.717, 1.165) is 69.4 Å². The molecule has 1 amide bonds. The van der Waals surface area contributed by atoms with Gasteiger partial charge in [0, 0.05) is 37.8 Å². The van der Waals surface area contributed by atoms with Crippen molar-refractivity contribution < 1.29 is 24.5 Å². The molecule has 3 atom stereocenters. The lowest BCUT2D eigenvalue weighted by atomic mass is 9.73. The summed E-state index contributed by atoms with van der Waals surface area (Å²) in [5.74, 6) is -1.50. The molecule has 218 valence electrons. The number of likely N-dealkylation sites (tertiary alicyclic amines) is 2. The number of halogens is 1. The fraction of sp³-hybridized carbons (Fsp3) is 0.750. The number of fused-ring (bicyclic) bond motifs is 1. The first-order valence-electron chi connectivity index (χ1n) is 14.0. The number of carbonyl (C=O) groups is 1. The number of carbonyl (C=O) groups excluding carboxylic acids is 1. The van der Waals surface area contributed by atoms with Gasteiger partial charge in [0.05, 0.1) is 11.5 Å². The van der Waals surface area contributed by atoms with Crippen molar-refractivity contribution in [2.24, 2.45) is 5.41 Å². The van der Waals surface area contributed by atoms with Crippen LogP contribution >= 0.6 is 11.6 Å². The molecule has 0 aromatic carbocycles. The first-order chi connectivity index (χ1) is 18.2. The van der Waals surface area contributed by atoms with Crippen LogP contribution in [0.4, 0.5) is 4.79 Å². The molecule has 1 unspecified atom stereocenters. The number of piperidine rings is 2. The number of aromatic nitrogens is 3. The molecular weight excluding hydrogens is 522 g/mol. The lowest BCUT2D eigenvalue weighted by Gasteiger charge is -2.48. The van der Waals surface area contributed by atoms with Gasteiger partial charge in [0.1, 0.15) is 29.0 Å². The fourth-order valence-electron chi connectivity index (χ4n) is 5.98. The molecule has 3 aliphatic rings. The van der Waals surface area contributed by atoms with Crippen LogP contribution < -0.4 is 0 Å². The number of hydrogen-bond acceptors (Lipinski definition) is 8. The zero-order valence-electron chi connectivity index (χ0n) is 23.9. The molecule has 3 saturated heterocycles. The maximum atomic E-state index is 12.7. The Hall–Kier alpha value is -1.98. The Balaban J connectivity index is 0.000000648. The highest BCUT2D eigenvalue weighted by molar-refractivity contribution is 6.33. The summed E-state index contributed by atoms with van der Waals surface area (Å²) in [5.41, 5.74) is 0.529. The standard InChI is InChI=1S/C25H36ClN5O3.C3H8O2/c1-24(2,3)34-23(32)30-12-5-10-25(16-30)9-4-11-29(15-25)14-18-6-7-20(33-18)31-13-8-19-21(26)27-17-28-22(19)31;1-3(2,4)5/h8,13,17-18,20H,4-7,9-12,14-16H2,1-3H3;4-5H,1-2H3/t18-,20+,25?;/m0./s1. The van der Waals surface area contributed by atoms with Gasteiger partial charge in [-0.3, -0.25) is 0 Å². The van der Waals surface area contributed by atoms with Crippen LogP contribution in [0.2, 0.25) is 5.15 Å². The van der Waals surface area contributed by atoms with Gasteiger partial charge >= 0.3 is 6.09 Å². The van der Waals surface area contributed by atoms with Crippen molar-refractivity contribution in [2.45, 2.75) is 96.9 Å². The van der Waals surface area contributed by atoms with Crippen molar-refractivity contribution in [3.05, 3.63) is 23.7 Å². The Kier molecular flexibility index (Phi) is 9.12. The van der Waals surface area contributed by atoms with E-state index in [9.17, 15) is 4.79 Å². The van der Waals surface area contributed by atoms with E-state index in [0.29, 0.717) is 5.15 Å². The highest BCUT2D eigenvalue weighted by Crippen LogP contribution is 2.40. The van der Waals surface area contributed by atoms with Gasteiger partial charge in [0.15, 0.2) is 5.79 Å². The Bertz CT molecular complexity index is 1120. The number of nitrogens with zero attached hydrogens (tertiary/aromatic N) is 5. The monoisotopic (exact) mass is 565 g/mol. The van der Waals surface area contributed by atoms with E-state index in [1.165, 1.54) is 33.0 Å². The molecule has 5 heterocycles. The number of amides is 1. The first-order valence-corrected chi connectivity index (χ1v) is 14.4. The Morgan fingerprint density at radius 1 is 1.13 bits per heavy atom. The van der Waals surface area contributed by atoms with Crippen LogP contribution in [0.3, 0.4) is 0 Å². The van der Waals surface area contributed by atoms with Crippen molar-refractivity contribution in [2.75, 3.05) is 32.7 Å². The maximum Gasteiger partial charge on any atom is 0.410 e. The molecule has 39 heavy (non-hydrogen) atoms. The lowest BCUT2D eigenvalue weighted by Crippen LogP contribution is -2.55. The molecule has 2 aromatic rings. The van der Waals surface area contributed by atoms with Crippen LogP contribution in [0.25, 0.3) is 11.0 Å². The van der Waals surface area contributed by atoms with Crippen molar-refractivity contribution in [1.29, 1.82) is 0 Å². The molecule has 1 spiro atoms. The average molecular weight is 566 g/mol. The summed E-state index contributed by atoms with van der Waals surface area (Å²) in [6.45, 7) is 13.0. The van der Waals surface area contributed by atoms with Gasteiger partial charge in [-0.1, -0.05) is 11.6 Å².